The molecule has 0 aromatic heterocycles. The first kappa shape index (κ1) is 30.1. The van der Waals surface area contributed by atoms with E-state index in [0.29, 0.717) is 43.2 Å². The number of amides is 1. The fourth-order valence-electron chi connectivity index (χ4n) is 4.96. The summed E-state index contributed by atoms with van der Waals surface area (Å²) in [5, 5.41) is 2.84. The molecule has 4 rings (SSSR count). The van der Waals surface area contributed by atoms with Gasteiger partial charge < -0.3 is 19.7 Å². The van der Waals surface area contributed by atoms with Gasteiger partial charge >= 0.3 is 5.97 Å². The Bertz CT molecular complexity index is 1440. The van der Waals surface area contributed by atoms with Gasteiger partial charge in [0.2, 0.25) is 15.9 Å². The first-order valence-corrected chi connectivity index (χ1v) is 15.2. The Kier molecular flexibility index (Phi) is 10.0. The van der Waals surface area contributed by atoms with Crippen LogP contribution in [-0.4, -0.2) is 47.1 Å². The molecule has 2 unspecified atom stereocenters. The van der Waals surface area contributed by atoms with E-state index in [1.54, 1.807) is 45.2 Å². The van der Waals surface area contributed by atoms with Gasteiger partial charge in [-0.05, 0) is 68.1 Å². The average Bonchev–Trinajstić information content (AvgIpc) is 2.98. The molecule has 1 aliphatic rings. The monoisotopic (exact) mass is 579 g/mol. The molecule has 1 fully saturated rings. The number of nitrogens with zero attached hydrogens (tertiary/aromatic N) is 1. The van der Waals surface area contributed by atoms with Crippen LogP contribution in [0.3, 0.4) is 0 Å². The van der Waals surface area contributed by atoms with Crippen LogP contribution in [0, 0.1) is 5.92 Å². The van der Waals surface area contributed by atoms with Crippen LogP contribution < -0.4 is 19.7 Å². The van der Waals surface area contributed by atoms with Gasteiger partial charge in [0, 0.05) is 24.8 Å². The Morgan fingerprint density at radius 3 is 2.46 bits per heavy atom. The molecular weight excluding hydrogens is 542 g/mol. The predicted molar refractivity (Wildman–Crippen MR) is 159 cm³/mol. The second-order valence-corrected chi connectivity index (χ2v) is 11.7. The van der Waals surface area contributed by atoms with Gasteiger partial charge in [0.25, 0.3) is 0 Å². The summed E-state index contributed by atoms with van der Waals surface area (Å²) in [6.07, 6.45) is 1.52. The first-order valence-electron chi connectivity index (χ1n) is 13.8. The van der Waals surface area contributed by atoms with Crippen LogP contribution in [0.1, 0.15) is 43.9 Å². The van der Waals surface area contributed by atoms with E-state index in [0.717, 1.165) is 17.5 Å². The van der Waals surface area contributed by atoms with E-state index in [-0.39, 0.29) is 29.1 Å². The molecule has 1 amide bonds. The molecule has 3 aromatic rings. The summed E-state index contributed by atoms with van der Waals surface area (Å²) in [4.78, 5) is 27.3. The van der Waals surface area contributed by atoms with Gasteiger partial charge in [0.05, 0.1) is 31.7 Å². The van der Waals surface area contributed by atoms with Crippen molar-refractivity contribution in [1.82, 2.24) is 4.72 Å². The summed E-state index contributed by atoms with van der Waals surface area (Å²) in [5.74, 6) is -0.212. The van der Waals surface area contributed by atoms with Gasteiger partial charge in [-0.15, -0.1) is 0 Å². The molecule has 1 saturated heterocycles. The van der Waals surface area contributed by atoms with Crippen molar-refractivity contribution in [3.63, 3.8) is 0 Å². The van der Waals surface area contributed by atoms with E-state index < -0.39 is 16.1 Å². The molecule has 10 heteroatoms. The highest BCUT2D eigenvalue weighted by Gasteiger charge is 2.31. The van der Waals surface area contributed by atoms with Crippen molar-refractivity contribution < 1.29 is 27.5 Å². The van der Waals surface area contributed by atoms with Crippen molar-refractivity contribution in [2.75, 3.05) is 37.0 Å². The molecule has 218 valence electrons. The maximum atomic E-state index is 13.8. The summed E-state index contributed by atoms with van der Waals surface area (Å²) in [5.41, 5.74) is 2.45. The largest absolute Gasteiger partial charge is 0.497 e. The van der Waals surface area contributed by atoms with E-state index in [2.05, 4.69) is 10.0 Å². The van der Waals surface area contributed by atoms with Crippen molar-refractivity contribution in [1.29, 1.82) is 0 Å². The fourth-order valence-corrected chi connectivity index (χ4v) is 6.44. The quantitative estimate of drug-likeness (QED) is 0.317. The molecule has 1 aliphatic heterocycles. The number of ether oxygens (including phenoxy) is 2. The number of piperidine rings is 1. The highest BCUT2D eigenvalue weighted by Crippen LogP contribution is 2.33. The molecule has 0 radical (unpaired) electrons. The Labute approximate surface area is 241 Å². The van der Waals surface area contributed by atoms with E-state index in [4.69, 9.17) is 9.47 Å². The Morgan fingerprint density at radius 2 is 1.78 bits per heavy atom. The topological polar surface area (TPSA) is 114 Å². The number of rotatable bonds is 11. The molecule has 1 heterocycles. The number of anilines is 2. The number of hydrogen-bond donors (Lipinski definition) is 2. The second-order valence-electron chi connectivity index (χ2n) is 10.0. The third-order valence-electron chi connectivity index (χ3n) is 7.07. The minimum absolute atomic E-state index is 0.0343. The molecule has 0 saturated carbocycles. The van der Waals surface area contributed by atoms with Crippen molar-refractivity contribution in [3.8, 4) is 5.75 Å². The summed E-state index contributed by atoms with van der Waals surface area (Å²) >= 11 is 0. The first-order chi connectivity index (χ1) is 19.7. The maximum absolute atomic E-state index is 13.8. The zero-order valence-corrected chi connectivity index (χ0v) is 24.4. The van der Waals surface area contributed by atoms with Gasteiger partial charge in [0.15, 0.2) is 0 Å². The van der Waals surface area contributed by atoms with Gasteiger partial charge in [-0.3, -0.25) is 9.59 Å². The molecule has 9 nitrogen and oxygen atoms in total. The predicted octanol–water partition coefficient (Wildman–Crippen LogP) is 4.70. The van der Waals surface area contributed by atoms with E-state index in [9.17, 15) is 18.0 Å². The standard InChI is InChI=1S/C31H37N3O6S/c1-4-40-31(36)25-11-8-18-34(21-25)28-17-14-26(32-30(35)19-23-12-15-27(39-3)16-13-23)20-29(28)41(37,38)33-22(2)24-9-6-5-7-10-24/h5-7,9-10,12-17,20,22,25,33H,4,8,11,18-19,21H2,1-3H3,(H,32,35). The minimum Gasteiger partial charge on any atom is -0.497 e. The lowest BCUT2D eigenvalue weighted by molar-refractivity contribution is -0.148. The van der Waals surface area contributed by atoms with Crippen LogP contribution in [-0.2, 0) is 30.8 Å². The van der Waals surface area contributed by atoms with Crippen LogP contribution in [0.15, 0.2) is 77.7 Å². The third-order valence-corrected chi connectivity index (χ3v) is 8.64. The average molecular weight is 580 g/mol. The molecular formula is C31H37N3O6S. The zero-order valence-electron chi connectivity index (χ0n) is 23.6. The van der Waals surface area contributed by atoms with Crippen LogP contribution >= 0.6 is 0 Å². The number of carbonyl (C=O) groups is 2. The van der Waals surface area contributed by atoms with E-state index in [1.165, 1.54) is 6.07 Å². The van der Waals surface area contributed by atoms with E-state index in [1.807, 2.05) is 47.4 Å². The fraction of sp³-hybridized carbons (Fsp3) is 0.355. The van der Waals surface area contributed by atoms with Gasteiger partial charge in [-0.2, -0.15) is 0 Å². The second kappa shape index (κ2) is 13.6. The molecule has 41 heavy (non-hydrogen) atoms. The Balaban J connectivity index is 1.62. The number of esters is 1. The normalized spacial score (nSPS) is 16.1. The van der Waals surface area contributed by atoms with Gasteiger partial charge in [0.1, 0.15) is 10.6 Å². The number of methoxy groups -OCH3 is 1. The van der Waals surface area contributed by atoms with Crippen molar-refractivity contribution >= 4 is 33.3 Å². The molecule has 2 N–H and O–H groups in total. The number of benzene rings is 3. The van der Waals surface area contributed by atoms with Crippen LogP contribution in [0.25, 0.3) is 0 Å². The van der Waals surface area contributed by atoms with Crippen LogP contribution in [0.2, 0.25) is 0 Å². The number of carbonyl (C=O) groups excluding carboxylic acids is 2. The minimum atomic E-state index is -4.03. The highest BCUT2D eigenvalue weighted by molar-refractivity contribution is 7.89. The molecule has 0 spiro atoms. The van der Waals surface area contributed by atoms with E-state index >= 15 is 0 Å². The zero-order chi connectivity index (χ0) is 29.4. The summed E-state index contributed by atoms with van der Waals surface area (Å²) in [7, 11) is -2.46. The third kappa shape index (κ3) is 7.86. The summed E-state index contributed by atoms with van der Waals surface area (Å²) in [6.45, 7) is 4.78. The highest BCUT2D eigenvalue weighted by atomic mass is 32.2. The molecule has 2 atom stereocenters. The van der Waals surface area contributed by atoms with Crippen LogP contribution in [0.4, 0.5) is 11.4 Å². The van der Waals surface area contributed by atoms with Crippen molar-refractivity contribution in [2.45, 2.75) is 44.0 Å². The number of hydrogen-bond acceptors (Lipinski definition) is 7. The smallest absolute Gasteiger partial charge is 0.310 e. The Morgan fingerprint density at radius 1 is 1.05 bits per heavy atom. The van der Waals surface area contributed by atoms with Gasteiger partial charge in [-0.25, -0.2) is 13.1 Å². The lowest BCUT2D eigenvalue weighted by atomic mass is 9.97. The summed E-state index contributed by atoms with van der Waals surface area (Å²) < 4.78 is 40.9. The van der Waals surface area contributed by atoms with Crippen molar-refractivity contribution in [2.24, 2.45) is 5.92 Å². The molecule has 0 bridgehead atoms. The lowest BCUT2D eigenvalue weighted by Crippen LogP contribution is -2.40. The number of nitrogens with one attached hydrogen (secondary N) is 2. The maximum Gasteiger partial charge on any atom is 0.310 e. The molecule has 0 aliphatic carbocycles. The number of sulfonamides is 1. The van der Waals surface area contributed by atoms with Crippen LogP contribution in [0.5, 0.6) is 5.75 Å². The Hall–Kier alpha value is -3.89. The van der Waals surface area contributed by atoms with Gasteiger partial charge in [-0.1, -0.05) is 42.5 Å². The van der Waals surface area contributed by atoms with Crippen molar-refractivity contribution in [3.05, 3.63) is 83.9 Å². The lowest BCUT2D eigenvalue weighted by Gasteiger charge is -2.34. The molecule has 3 aromatic carbocycles. The summed E-state index contributed by atoms with van der Waals surface area (Å²) in [6, 6.07) is 20.9. The SMILES string of the molecule is CCOC(=O)C1CCCN(c2ccc(NC(=O)Cc3ccc(OC)cc3)cc2S(=O)(=O)NC(C)c2ccccc2)C1.